The Kier molecular flexibility index (Phi) is 5.63. The van der Waals surface area contributed by atoms with Crippen LogP contribution in [0.1, 0.15) is 17.2 Å². The van der Waals surface area contributed by atoms with Crippen molar-refractivity contribution in [2.75, 3.05) is 0 Å². The molecule has 0 aliphatic carbocycles. The fraction of sp³-hybridized carbons (Fsp3) is 0.143. The van der Waals surface area contributed by atoms with E-state index < -0.39 is 5.82 Å². The quantitative estimate of drug-likeness (QED) is 0.431. The van der Waals surface area contributed by atoms with Crippen LogP contribution in [0, 0.1) is 9.39 Å². The van der Waals surface area contributed by atoms with Crippen molar-refractivity contribution in [3.63, 3.8) is 0 Å². The maximum absolute atomic E-state index is 13.4. The smallest absolute Gasteiger partial charge is 0.142 e. The van der Waals surface area contributed by atoms with Crippen molar-refractivity contribution in [1.82, 2.24) is 5.43 Å². The van der Waals surface area contributed by atoms with E-state index >= 15 is 0 Å². The zero-order valence-corrected chi connectivity index (χ0v) is 14.0. The third-order valence-corrected chi connectivity index (χ3v) is 4.85. The van der Waals surface area contributed by atoms with Crippen LogP contribution in [-0.2, 0) is 6.42 Å². The van der Waals surface area contributed by atoms with E-state index in [1.54, 1.807) is 12.1 Å². The van der Waals surface area contributed by atoms with Gasteiger partial charge in [-0.15, -0.1) is 0 Å². The summed E-state index contributed by atoms with van der Waals surface area (Å²) in [4.78, 5) is 0. The first-order valence-electron chi connectivity index (χ1n) is 5.86. The highest BCUT2D eigenvalue weighted by atomic mass is 127. The minimum atomic E-state index is -0.430. The summed E-state index contributed by atoms with van der Waals surface area (Å²) in [5.41, 5.74) is 4.49. The monoisotopic (exact) mass is 424 g/mol. The summed E-state index contributed by atoms with van der Waals surface area (Å²) < 4.78 is 14.4. The maximum Gasteiger partial charge on any atom is 0.142 e. The van der Waals surface area contributed by atoms with Crippen LogP contribution in [0.15, 0.2) is 36.4 Å². The third kappa shape index (κ3) is 3.83. The Balaban J connectivity index is 2.23. The highest BCUT2D eigenvalue weighted by Gasteiger charge is 2.13. The van der Waals surface area contributed by atoms with Crippen molar-refractivity contribution in [3.05, 3.63) is 67.0 Å². The van der Waals surface area contributed by atoms with E-state index in [2.05, 4.69) is 28.0 Å². The van der Waals surface area contributed by atoms with Gasteiger partial charge in [-0.25, -0.2) is 4.39 Å². The van der Waals surface area contributed by atoms with Crippen LogP contribution < -0.4 is 11.3 Å². The van der Waals surface area contributed by atoms with Crippen LogP contribution in [0.3, 0.4) is 0 Å². The van der Waals surface area contributed by atoms with Gasteiger partial charge >= 0.3 is 0 Å². The molecule has 0 bridgehead atoms. The molecule has 1 unspecified atom stereocenters. The minimum absolute atomic E-state index is 0.114. The lowest BCUT2D eigenvalue weighted by molar-refractivity contribution is 0.548. The van der Waals surface area contributed by atoms with Crippen molar-refractivity contribution in [2.24, 2.45) is 5.84 Å². The van der Waals surface area contributed by atoms with Gasteiger partial charge in [0.15, 0.2) is 0 Å². The van der Waals surface area contributed by atoms with Crippen molar-refractivity contribution in [2.45, 2.75) is 12.5 Å². The summed E-state index contributed by atoms with van der Waals surface area (Å²) in [5.74, 6) is 5.16. The van der Waals surface area contributed by atoms with Gasteiger partial charge in [-0.2, -0.15) is 0 Å². The molecule has 2 nitrogen and oxygen atoms in total. The Hall–Kier alpha value is -0.400. The lowest BCUT2D eigenvalue weighted by atomic mass is 9.99. The Morgan fingerprint density at radius 3 is 2.50 bits per heavy atom. The SMILES string of the molecule is NNC(Cc1ccc(Cl)c(F)c1)c1ccc(I)c(Cl)c1. The number of benzene rings is 2. The topological polar surface area (TPSA) is 38.0 Å². The molecule has 0 amide bonds. The van der Waals surface area contributed by atoms with Crippen molar-refractivity contribution in [1.29, 1.82) is 0 Å². The number of hydrogen-bond donors (Lipinski definition) is 2. The van der Waals surface area contributed by atoms with Gasteiger partial charge in [0.2, 0.25) is 0 Å². The van der Waals surface area contributed by atoms with Crippen LogP contribution in [0.5, 0.6) is 0 Å². The molecule has 2 aromatic rings. The molecule has 0 fully saturated rings. The molecule has 2 rings (SSSR count). The zero-order chi connectivity index (χ0) is 14.7. The highest BCUT2D eigenvalue weighted by Crippen LogP contribution is 2.26. The predicted molar refractivity (Wildman–Crippen MR) is 89.3 cm³/mol. The molecule has 0 aliphatic rings. The number of nitrogens with one attached hydrogen (secondary N) is 1. The second-order valence-electron chi connectivity index (χ2n) is 4.35. The summed E-state index contributed by atoms with van der Waals surface area (Å²) in [7, 11) is 0. The van der Waals surface area contributed by atoms with Gasteiger partial charge in [-0.05, 0) is 64.4 Å². The molecule has 0 aromatic heterocycles. The highest BCUT2D eigenvalue weighted by molar-refractivity contribution is 14.1. The average Bonchev–Trinajstić information content (AvgIpc) is 2.43. The van der Waals surface area contributed by atoms with Crippen LogP contribution in [0.25, 0.3) is 0 Å². The normalized spacial score (nSPS) is 12.4. The Morgan fingerprint density at radius 1 is 1.15 bits per heavy atom. The van der Waals surface area contributed by atoms with Gasteiger partial charge in [0, 0.05) is 3.57 Å². The van der Waals surface area contributed by atoms with E-state index in [-0.39, 0.29) is 11.1 Å². The molecule has 0 radical (unpaired) electrons. The largest absolute Gasteiger partial charge is 0.271 e. The first-order chi connectivity index (χ1) is 9.51. The van der Waals surface area contributed by atoms with Crippen molar-refractivity contribution < 1.29 is 4.39 Å². The predicted octanol–water partition coefficient (Wildman–Crippen LogP) is 4.48. The molecule has 0 saturated heterocycles. The van der Waals surface area contributed by atoms with E-state index in [0.29, 0.717) is 11.4 Å². The number of hydrazine groups is 1. The van der Waals surface area contributed by atoms with Gasteiger partial charge in [-0.1, -0.05) is 35.3 Å². The van der Waals surface area contributed by atoms with Crippen LogP contribution in [-0.4, -0.2) is 0 Å². The number of rotatable bonds is 4. The first kappa shape index (κ1) is 16.0. The fourth-order valence-corrected chi connectivity index (χ4v) is 2.55. The molecule has 106 valence electrons. The molecule has 0 spiro atoms. The molecular weight excluding hydrogens is 413 g/mol. The second kappa shape index (κ2) is 7.04. The number of halogens is 4. The third-order valence-electron chi connectivity index (χ3n) is 2.97. The Labute approximate surface area is 140 Å². The summed E-state index contributed by atoms with van der Waals surface area (Å²) in [5, 5.41) is 0.786. The zero-order valence-electron chi connectivity index (χ0n) is 10.3. The molecule has 2 aromatic carbocycles. The average molecular weight is 425 g/mol. The van der Waals surface area contributed by atoms with Crippen molar-refractivity contribution >= 4 is 45.8 Å². The lowest BCUT2D eigenvalue weighted by Crippen LogP contribution is -2.29. The molecule has 1 atom stereocenters. The van der Waals surface area contributed by atoms with Gasteiger partial charge in [0.1, 0.15) is 5.82 Å². The first-order valence-corrected chi connectivity index (χ1v) is 7.69. The van der Waals surface area contributed by atoms with E-state index in [4.69, 9.17) is 29.0 Å². The molecule has 6 heteroatoms. The van der Waals surface area contributed by atoms with Crippen LogP contribution in [0.4, 0.5) is 4.39 Å². The fourth-order valence-electron chi connectivity index (χ4n) is 1.90. The number of hydrogen-bond acceptors (Lipinski definition) is 2. The van der Waals surface area contributed by atoms with E-state index in [1.165, 1.54) is 6.07 Å². The molecule has 0 heterocycles. The second-order valence-corrected chi connectivity index (χ2v) is 6.32. The lowest BCUT2D eigenvalue weighted by Gasteiger charge is -2.17. The van der Waals surface area contributed by atoms with E-state index in [9.17, 15) is 4.39 Å². The van der Waals surface area contributed by atoms with Crippen LogP contribution in [0.2, 0.25) is 10.0 Å². The van der Waals surface area contributed by atoms with E-state index in [1.807, 2.05) is 18.2 Å². The number of nitrogens with two attached hydrogens (primary N) is 1. The van der Waals surface area contributed by atoms with E-state index in [0.717, 1.165) is 14.7 Å². The summed E-state index contributed by atoms with van der Waals surface area (Å²) in [6.07, 6.45) is 0.543. The molecule has 3 N–H and O–H groups in total. The van der Waals surface area contributed by atoms with Gasteiger partial charge in [-0.3, -0.25) is 11.3 Å². The molecule has 0 saturated carbocycles. The standard InChI is InChI=1S/C14H12Cl2FIN2/c15-10-3-1-8(5-12(10)17)6-14(20-19)9-2-4-13(18)11(16)7-9/h1-5,7,14,20H,6,19H2. The van der Waals surface area contributed by atoms with Crippen LogP contribution >= 0.6 is 45.8 Å². The molecule has 0 aliphatic heterocycles. The van der Waals surface area contributed by atoms with Gasteiger partial charge in [0.25, 0.3) is 0 Å². The maximum atomic E-state index is 13.4. The van der Waals surface area contributed by atoms with Gasteiger partial charge < -0.3 is 0 Å². The Bertz CT molecular complexity index is 622. The summed E-state index contributed by atoms with van der Waals surface area (Å²) >= 11 is 13.9. The Morgan fingerprint density at radius 2 is 1.90 bits per heavy atom. The molecular formula is C14H12Cl2FIN2. The van der Waals surface area contributed by atoms with Gasteiger partial charge in [0.05, 0.1) is 16.1 Å². The summed E-state index contributed by atoms with van der Waals surface area (Å²) in [6.45, 7) is 0. The van der Waals surface area contributed by atoms with Crippen molar-refractivity contribution in [3.8, 4) is 0 Å². The molecule has 20 heavy (non-hydrogen) atoms. The summed E-state index contributed by atoms with van der Waals surface area (Å²) in [6, 6.07) is 10.3. The minimum Gasteiger partial charge on any atom is -0.271 e.